The summed E-state index contributed by atoms with van der Waals surface area (Å²) in [6.45, 7) is 5.28. The van der Waals surface area contributed by atoms with E-state index in [1.54, 1.807) is 6.33 Å². The Labute approximate surface area is 143 Å². The maximum atomic E-state index is 5.49. The molecule has 0 atom stereocenters. The van der Waals surface area contributed by atoms with Crippen LogP contribution < -0.4 is 0 Å². The molecule has 2 aliphatic heterocycles. The number of hydrogen-bond donors (Lipinski definition) is 0. The molecule has 0 spiro atoms. The molecule has 4 heteroatoms. The number of benzene rings is 1. The van der Waals surface area contributed by atoms with E-state index in [-0.39, 0.29) is 0 Å². The molecule has 3 heterocycles. The number of aromatic nitrogens is 2. The van der Waals surface area contributed by atoms with Crippen molar-refractivity contribution in [1.29, 1.82) is 0 Å². The minimum atomic E-state index is 0.791. The van der Waals surface area contributed by atoms with Gasteiger partial charge in [-0.05, 0) is 25.2 Å². The summed E-state index contributed by atoms with van der Waals surface area (Å²) in [7, 11) is 0. The highest BCUT2D eigenvalue weighted by molar-refractivity contribution is 5.63. The van der Waals surface area contributed by atoms with Crippen LogP contribution in [0.1, 0.15) is 24.1 Å². The van der Waals surface area contributed by atoms with E-state index < -0.39 is 0 Å². The lowest BCUT2D eigenvalue weighted by Gasteiger charge is -2.28. The lowest BCUT2D eigenvalue weighted by atomic mass is 9.99. The van der Waals surface area contributed by atoms with Crippen molar-refractivity contribution in [1.82, 2.24) is 14.9 Å². The molecule has 2 aromatic rings. The summed E-state index contributed by atoms with van der Waals surface area (Å²) in [5, 5.41) is 0. The largest absolute Gasteiger partial charge is 0.381 e. The second kappa shape index (κ2) is 7.41. The highest BCUT2D eigenvalue weighted by Gasteiger charge is 2.22. The van der Waals surface area contributed by atoms with Crippen molar-refractivity contribution in [2.75, 3.05) is 32.8 Å². The van der Waals surface area contributed by atoms with Crippen LogP contribution in [0, 0.1) is 5.92 Å². The molecule has 4 rings (SSSR count). The fraction of sp³-hybridized carbons (Fsp3) is 0.500. The minimum Gasteiger partial charge on any atom is -0.381 e. The molecule has 126 valence electrons. The van der Waals surface area contributed by atoms with Crippen molar-refractivity contribution in [2.24, 2.45) is 5.92 Å². The van der Waals surface area contributed by atoms with Crippen molar-refractivity contribution in [3.63, 3.8) is 0 Å². The lowest BCUT2D eigenvalue weighted by Crippen LogP contribution is -2.34. The normalized spacial score (nSPS) is 19.7. The monoisotopic (exact) mass is 323 g/mol. The van der Waals surface area contributed by atoms with Crippen LogP contribution in [-0.4, -0.2) is 47.7 Å². The Morgan fingerprint density at radius 1 is 1.00 bits per heavy atom. The van der Waals surface area contributed by atoms with E-state index in [0.717, 1.165) is 50.8 Å². The van der Waals surface area contributed by atoms with Crippen LogP contribution in [0.5, 0.6) is 0 Å². The Bertz CT molecular complexity index is 668. The molecule has 0 unspecified atom stereocenters. The summed E-state index contributed by atoms with van der Waals surface area (Å²) in [6.07, 6.45) is 6.22. The summed E-state index contributed by atoms with van der Waals surface area (Å²) in [5.41, 5.74) is 4.90. The highest BCUT2D eigenvalue weighted by Crippen LogP contribution is 2.26. The van der Waals surface area contributed by atoms with E-state index in [0.29, 0.717) is 0 Å². The summed E-state index contributed by atoms with van der Waals surface area (Å²) in [6, 6.07) is 10.5. The van der Waals surface area contributed by atoms with E-state index >= 15 is 0 Å². The molecule has 0 N–H and O–H groups in total. The van der Waals surface area contributed by atoms with E-state index in [9.17, 15) is 0 Å². The number of ether oxygens (including phenoxy) is 1. The Morgan fingerprint density at radius 2 is 1.79 bits per heavy atom. The fourth-order valence-corrected chi connectivity index (χ4v) is 3.89. The molecule has 4 nitrogen and oxygen atoms in total. The maximum absolute atomic E-state index is 5.49. The molecule has 1 fully saturated rings. The van der Waals surface area contributed by atoms with Crippen LogP contribution in [0.4, 0.5) is 0 Å². The van der Waals surface area contributed by atoms with Gasteiger partial charge in [-0.1, -0.05) is 30.3 Å². The standard InChI is InChI=1S/C20H25N3O/c1-2-4-17(5-3-1)20-18-6-10-23(11-7-19(18)21-15-22-20)14-16-8-12-24-13-9-16/h1-5,15-16H,6-14H2. The van der Waals surface area contributed by atoms with Crippen LogP contribution in [0.2, 0.25) is 0 Å². The molecule has 0 bridgehead atoms. The quantitative estimate of drug-likeness (QED) is 0.870. The predicted octanol–water partition coefficient (Wildman–Crippen LogP) is 2.97. The van der Waals surface area contributed by atoms with E-state index in [4.69, 9.17) is 4.74 Å². The van der Waals surface area contributed by atoms with Gasteiger partial charge in [0.05, 0.1) is 5.69 Å². The van der Waals surface area contributed by atoms with Gasteiger partial charge >= 0.3 is 0 Å². The van der Waals surface area contributed by atoms with Gasteiger partial charge in [0.2, 0.25) is 0 Å². The van der Waals surface area contributed by atoms with Crippen LogP contribution in [-0.2, 0) is 17.6 Å². The first-order valence-corrected chi connectivity index (χ1v) is 9.08. The maximum Gasteiger partial charge on any atom is 0.116 e. The zero-order chi connectivity index (χ0) is 16.2. The van der Waals surface area contributed by atoms with Crippen molar-refractivity contribution in [3.05, 3.63) is 47.9 Å². The Morgan fingerprint density at radius 3 is 2.62 bits per heavy atom. The first-order chi connectivity index (χ1) is 11.9. The molecule has 0 aliphatic carbocycles. The van der Waals surface area contributed by atoms with Crippen molar-refractivity contribution < 1.29 is 4.74 Å². The SMILES string of the molecule is c1ccc(-c2ncnc3c2CCN(CC2CCOCC2)CC3)cc1. The zero-order valence-corrected chi connectivity index (χ0v) is 14.2. The topological polar surface area (TPSA) is 38.2 Å². The van der Waals surface area contributed by atoms with Gasteiger partial charge in [-0.15, -0.1) is 0 Å². The molecule has 0 radical (unpaired) electrons. The van der Waals surface area contributed by atoms with Crippen molar-refractivity contribution in [3.8, 4) is 11.3 Å². The van der Waals surface area contributed by atoms with Gasteiger partial charge in [-0.25, -0.2) is 9.97 Å². The summed E-state index contributed by atoms with van der Waals surface area (Å²) >= 11 is 0. The minimum absolute atomic E-state index is 0.791. The molecular formula is C20H25N3O. The molecule has 0 amide bonds. The fourth-order valence-electron chi connectivity index (χ4n) is 3.89. The number of rotatable bonds is 3. The number of fused-ring (bicyclic) bond motifs is 1. The Balaban J connectivity index is 1.50. The molecule has 1 aromatic carbocycles. The van der Waals surface area contributed by atoms with Crippen LogP contribution >= 0.6 is 0 Å². The second-order valence-electron chi connectivity index (χ2n) is 6.87. The predicted molar refractivity (Wildman–Crippen MR) is 94.9 cm³/mol. The third-order valence-electron chi connectivity index (χ3n) is 5.28. The second-order valence-corrected chi connectivity index (χ2v) is 6.87. The Kier molecular flexibility index (Phi) is 4.86. The molecular weight excluding hydrogens is 298 g/mol. The summed E-state index contributed by atoms with van der Waals surface area (Å²) in [5.74, 6) is 0.791. The van der Waals surface area contributed by atoms with Crippen LogP contribution in [0.3, 0.4) is 0 Å². The average Bonchev–Trinajstić information content (AvgIpc) is 2.86. The van der Waals surface area contributed by atoms with E-state index in [1.807, 2.05) is 0 Å². The zero-order valence-electron chi connectivity index (χ0n) is 14.2. The molecule has 24 heavy (non-hydrogen) atoms. The number of nitrogens with zero attached hydrogens (tertiary/aromatic N) is 3. The van der Waals surface area contributed by atoms with Crippen molar-refractivity contribution in [2.45, 2.75) is 25.7 Å². The van der Waals surface area contributed by atoms with Gasteiger partial charge in [0.25, 0.3) is 0 Å². The summed E-state index contributed by atoms with van der Waals surface area (Å²) < 4.78 is 5.49. The van der Waals surface area contributed by atoms with Gasteiger partial charge in [-0.3, -0.25) is 0 Å². The van der Waals surface area contributed by atoms with Crippen molar-refractivity contribution >= 4 is 0 Å². The average molecular weight is 323 g/mol. The summed E-state index contributed by atoms with van der Waals surface area (Å²) in [4.78, 5) is 11.8. The molecule has 0 saturated carbocycles. The van der Waals surface area contributed by atoms with E-state index in [1.165, 1.54) is 36.2 Å². The molecule has 1 saturated heterocycles. The lowest BCUT2D eigenvalue weighted by molar-refractivity contribution is 0.0530. The van der Waals surface area contributed by atoms with Crippen LogP contribution in [0.15, 0.2) is 36.7 Å². The third kappa shape index (κ3) is 3.50. The van der Waals surface area contributed by atoms with Gasteiger partial charge in [0.1, 0.15) is 6.33 Å². The third-order valence-corrected chi connectivity index (χ3v) is 5.28. The molecule has 2 aliphatic rings. The van der Waals surface area contributed by atoms with Gasteiger partial charge in [-0.2, -0.15) is 0 Å². The molecule has 1 aromatic heterocycles. The first-order valence-electron chi connectivity index (χ1n) is 9.08. The van der Waals surface area contributed by atoms with Gasteiger partial charge in [0, 0.05) is 56.1 Å². The first kappa shape index (κ1) is 15.7. The van der Waals surface area contributed by atoms with Crippen LogP contribution in [0.25, 0.3) is 11.3 Å². The van der Waals surface area contributed by atoms with E-state index in [2.05, 4.69) is 45.2 Å². The Hall–Kier alpha value is -1.78. The van der Waals surface area contributed by atoms with Gasteiger partial charge in [0.15, 0.2) is 0 Å². The highest BCUT2D eigenvalue weighted by atomic mass is 16.5. The smallest absolute Gasteiger partial charge is 0.116 e. The number of hydrogen-bond acceptors (Lipinski definition) is 4. The van der Waals surface area contributed by atoms with Gasteiger partial charge < -0.3 is 9.64 Å².